The summed E-state index contributed by atoms with van der Waals surface area (Å²) >= 11 is 0. The maximum atomic E-state index is 13.3. The molecule has 1 atom stereocenters. The van der Waals surface area contributed by atoms with E-state index in [1.54, 1.807) is 4.90 Å². The molecular formula is C24H25N3O2. The van der Waals surface area contributed by atoms with Crippen molar-refractivity contribution in [3.05, 3.63) is 77.9 Å². The van der Waals surface area contributed by atoms with E-state index < -0.39 is 6.04 Å². The summed E-state index contributed by atoms with van der Waals surface area (Å²) in [5, 5.41) is 2.14. The van der Waals surface area contributed by atoms with Gasteiger partial charge in [0.1, 0.15) is 0 Å². The average molecular weight is 387 g/mol. The minimum atomic E-state index is -0.472. The lowest BCUT2D eigenvalue weighted by Crippen LogP contribution is -2.52. The van der Waals surface area contributed by atoms with E-state index in [0.29, 0.717) is 19.5 Å². The Balaban J connectivity index is 1.62. The Labute approximate surface area is 170 Å². The summed E-state index contributed by atoms with van der Waals surface area (Å²) in [4.78, 5) is 29.1. The smallest absolute Gasteiger partial charge is 0.241 e. The predicted molar refractivity (Wildman–Crippen MR) is 116 cm³/mol. The molecule has 0 aromatic heterocycles. The van der Waals surface area contributed by atoms with Gasteiger partial charge in [0, 0.05) is 18.5 Å². The first-order chi connectivity index (χ1) is 14.1. The first-order valence-corrected chi connectivity index (χ1v) is 9.96. The Kier molecular flexibility index (Phi) is 5.32. The second-order valence-electron chi connectivity index (χ2n) is 7.43. The van der Waals surface area contributed by atoms with Gasteiger partial charge in [-0.1, -0.05) is 60.7 Å². The standard InChI is InChI=1S/C24H25N3O2/c1-2-27(21-13-7-11-17-8-5-6-12-20(17)21)23(28)16-26-15-19-10-4-3-9-18(19)14-22(26)24(25)29/h3-13,22H,2,14-16H2,1H3,(H2,25,29)/t22-/m0/s1. The van der Waals surface area contributed by atoms with E-state index in [4.69, 9.17) is 5.73 Å². The summed E-state index contributed by atoms with van der Waals surface area (Å²) in [5.41, 5.74) is 8.84. The molecule has 148 valence electrons. The Morgan fingerprint density at radius 2 is 1.69 bits per heavy atom. The molecule has 5 heteroatoms. The Bertz CT molecular complexity index is 1060. The van der Waals surface area contributed by atoms with Crippen molar-refractivity contribution in [3.8, 4) is 0 Å². The predicted octanol–water partition coefficient (Wildman–Crippen LogP) is 3.10. The van der Waals surface area contributed by atoms with Crippen molar-refractivity contribution in [2.45, 2.75) is 25.9 Å². The van der Waals surface area contributed by atoms with Crippen LogP contribution in [0, 0.1) is 0 Å². The number of fused-ring (bicyclic) bond motifs is 2. The maximum absolute atomic E-state index is 13.3. The molecule has 2 amide bonds. The van der Waals surface area contributed by atoms with Gasteiger partial charge in [0.25, 0.3) is 0 Å². The van der Waals surface area contributed by atoms with Gasteiger partial charge in [-0.3, -0.25) is 14.5 Å². The Morgan fingerprint density at radius 3 is 2.45 bits per heavy atom. The van der Waals surface area contributed by atoms with Gasteiger partial charge in [-0.05, 0) is 35.9 Å². The topological polar surface area (TPSA) is 66.6 Å². The Hall–Kier alpha value is -3.18. The third-order valence-corrected chi connectivity index (χ3v) is 5.69. The quantitative estimate of drug-likeness (QED) is 0.732. The van der Waals surface area contributed by atoms with Crippen LogP contribution in [0.25, 0.3) is 10.8 Å². The van der Waals surface area contributed by atoms with Crippen LogP contribution in [-0.2, 0) is 22.6 Å². The zero-order valence-corrected chi connectivity index (χ0v) is 16.5. The highest BCUT2D eigenvalue weighted by atomic mass is 16.2. The number of likely N-dealkylation sites (N-methyl/N-ethyl adjacent to an activating group) is 1. The minimum Gasteiger partial charge on any atom is -0.368 e. The first-order valence-electron chi connectivity index (χ1n) is 9.96. The van der Waals surface area contributed by atoms with Crippen molar-refractivity contribution < 1.29 is 9.59 Å². The summed E-state index contributed by atoms with van der Waals surface area (Å²) in [6, 6.07) is 21.6. The third kappa shape index (κ3) is 3.74. The molecule has 0 aliphatic carbocycles. The lowest BCUT2D eigenvalue weighted by Gasteiger charge is -2.36. The van der Waals surface area contributed by atoms with Crippen LogP contribution in [0.3, 0.4) is 0 Å². The van der Waals surface area contributed by atoms with E-state index in [1.165, 1.54) is 0 Å². The van der Waals surface area contributed by atoms with Crippen molar-refractivity contribution >= 4 is 28.3 Å². The number of primary amides is 1. The normalized spacial score (nSPS) is 16.4. The first kappa shape index (κ1) is 19.2. The molecule has 3 aromatic carbocycles. The molecule has 29 heavy (non-hydrogen) atoms. The zero-order valence-electron chi connectivity index (χ0n) is 16.5. The molecule has 0 unspecified atom stereocenters. The monoisotopic (exact) mass is 387 g/mol. The highest BCUT2D eigenvalue weighted by Gasteiger charge is 2.32. The van der Waals surface area contributed by atoms with Gasteiger partial charge < -0.3 is 10.6 Å². The molecule has 0 bridgehead atoms. The zero-order chi connectivity index (χ0) is 20.4. The fourth-order valence-electron chi connectivity index (χ4n) is 4.21. The third-order valence-electron chi connectivity index (χ3n) is 5.69. The van der Waals surface area contributed by atoms with Gasteiger partial charge in [-0.2, -0.15) is 0 Å². The van der Waals surface area contributed by atoms with Gasteiger partial charge >= 0.3 is 0 Å². The van der Waals surface area contributed by atoms with E-state index in [0.717, 1.165) is 27.6 Å². The van der Waals surface area contributed by atoms with Crippen LogP contribution in [-0.4, -0.2) is 35.8 Å². The fraction of sp³-hybridized carbons (Fsp3) is 0.250. The molecule has 0 fully saturated rings. The number of anilines is 1. The van der Waals surface area contributed by atoms with Crippen LogP contribution in [0.4, 0.5) is 5.69 Å². The lowest BCUT2D eigenvalue weighted by atomic mass is 9.93. The molecule has 0 saturated heterocycles. The molecule has 2 N–H and O–H groups in total. The number of benzene rings is 3. The number of nitrogens with zero attached hydrogens (tertiary/aromatic N) is 2. The van der Waals surface area contributed by atoms with E-state index in [2.05, 4.69) is 0 Å². The van der Waals surface area contributed by atoms with Crippen LogP contribution in [0.5, 0.6) is 0 Å². The van der Waals surface area contributed by atoms with Crippen molar-refractivity contribution in [2.24, 2.45) is 5.73 Å². The maximum Gasteiger partial charge on any atom is 0.241 e. The van der Waals surface area contributed by atoms with Crippen molar-refractivity contribution in [2.75, 3.05) is 18.0 Å². The number of hydrogen-bond acceptors (Lipinski definition) is 3. The molecule has 0 radical (unpaired) electrons. The second-order valence-corrected chi connectivity index (χ2v) is 7.43. The van der Waals surface area contributed by atoms with Crippen molar-refractivity contribution in [1.82, 2.24) is 4.90 Å². The SMILES string of the molecule is CCN(C(=O)CN1Cc2ccccc2C[C@H]1C(N)=O)c1cccc2ccccc12. The largest absolute Gasteiger partial charge is 0.368 e. The van der Waals surface area contributed by atoms with Crippen molar-refractivity contribution in [3.63, 3.8) is 0 Å². The van der Waals surface area contributed by atoms with Crippen LogP contribution >= 0.6 is 0 Å². The number of carbonyl (C=O) groups is 2. The number of rotatable bonds is 5. The van der Waals surface area contributed by atoms with E-state index >= 15 is 0 Å². The molecule has 1 heterocycles. The summed E-state index contributed by atoms with van der Waals surface area (Å²) in [6.45, 7) is 3.22. The van der Waals surface area contributed by atoms with Crippen molar-refractivity contribution in [1.29, 1.82) is 0 Å². The van der Waals surface area contributed by atoms with Crippen LogP contribution < -0.4 is 10.6 Å². The summed E-state index contributed by atoms with van der Waals surface area (Å²) in [7, 11) is 0. The molecule has 1 aliphatic rings. The summed E-state index contributed by atoms with van der Waals surface area (Å²) < 4.78 is 0. The molecular weight excluding hydrogens is 362 g/mol. The van der Waals surface area contributed by atoms with Gasteiger partial charge in [-0.25, -0.2) is 0 Å². The van der Waals surface area contributed by atoms with Crippen LogP contribution in [0.2, 0.25) is 0 Å². The minimum absolute atomic E-state index is 0.0329. The summed E-state index contributed by atoms with van der Waals surface area (Å²) in [6.07, 6.45) is 0.541. The van der Waals surface area contributed by atoms with E-state index in [-0.39, 0.29) is 18.4 Å². The Morgan fingerprint density at radius 1 is 1.00 bits per heavy atom. The highest BCUT2D eigenvalue weighted by Crippen LogP contribution is 2.28. The highest BCUT2D eigenvalue weighted by molar-refractivity contribution is 6.04. The number of nitrogens with two attached hydrogens (primary N) is 1. The lowest BCUT2D eigenvalue weighted by molar-refractivity contribution is -0.126. The number of hydrogen-bond donors (Lipinski definition) is 1. The van der Waals surface area contributed by atoms with Crippen LogP contribution in [0.1, 0.15) is 18.1 Å². The van der Waals surface area contributed by atoms with Gasteiger partial charge in [-0.15, -0.1) is 0 Å². The molecule has 5 nitrogen and oxygen atoms in total. The molecule has 1 aliphatic heterocycles. The van der Waals surface area contributed by atoms with Gasteiger partial charge in [0.15, 0.2) is 0 Å². The van der Waals surface area contributed by atoms with E-state index in [1.807, 2.05) is 78.6 Å². The van der Waals surface area contributed by atoms with Gasteiger partial charge in [0.2, 0.25) is 11.8 Å². The summed E-state index contributed by atoms with van der Waals surface area (Å²) in [5.74, 6) is -0.421. The van der Waals surface area contributed by atoms with E-state index in [9.17, 15) is 9.59 Å². The molecule has 0 spiro atoms. The molecule has 4 rings (SSSR count). The second kappa shape index (κ2) is 8.05. The molecule has 0 saturated carbocycles. The van der Waals surface area contributed by atoms with Crippen LogP contribution in [0.15, 0.2) is 66.7 Å². The number of carbonyl (C=O) groups excluding carboxylic acids is 2. The molecule has 3 aromatic rings. The number of amides is 2. The average Bonchev–Trinajstić information content (AvgIpc) is 2.74. The van der Waals surface area contributed by atoms with Gasteiger partial charge in [0.05, 0.1) is 18.3 Å². The fourth-order valence-corrected chi connectivity index (χ4v) is 4.21.